The average molecular weight is 199 g/mol. The predicted octanol–water partition coefficient (Wildman–Crippen LogP) is -0.667. The topological polar surface area (TPSA) is 107 Å². The van der Waals surface area contributed by atoms with Crippen molar-refractivity contribution in [2.24, 2.45) is 0 Å². The average Bonchev–Trinajstić information content (AvgIpc) is 1.84. The summed E-state index contributed by atoms with van der Waals surface area (Å²) >= 11 is 0. The standard InChI is InChI=1S/C4H10NO6P/c1-4(6)5(7)2-3-11-12(8,9)10/h7H,2-3H2,1H3,(H2,8,9,10). The third-order valence-electron chi connectivity index (χ3n) is 0.926. The van der Waals surface area contributed by atoms with Gasteiger partial charge in [0, 0.05) is 6.92 Å². The fraction of sp³-hybridized carbons (Fsp3) is 0.750. The summed E-state index contributed by atoms with van der Waals surface area (Å²) in [5.74, 6) is -0.621. The molecule has 8 heteroatoms. The largest absolute Gasteiger partial charge is 0.469 e. The normalized spacial score (nSPS) is 11.3. The van der Waals surface area contributed by atoms with E-state index in [9.17, 15) is 9.36 Å². The zero-order valence-corrected chi connectivity index (χ0v) is 7.27. The Labute approximate surface area is 68.8 Å². The van der Waals surface area contributed by atoms with Gasteiger partial charge in [0.2, 0.25) is 5.91 Å². The van der Waals surface area contributed by atoms with Crippen molar-refractivity contribution in [3.05, 3.63) is 0 Å². The molecule has 1 amide bonds. The maximum Gasteiger partial charge on any atom is 0.469 e. The number of hydroxylamine groups is 2. The van der Waals surface area contributed by atoms with E-state index >= 15 is 0 Å². The second-order valence-corrected chi connectivity index (χ2v) is 3.21. The molecule has 0 unspecified atom stereocenters. The molecule has 0 radical (unpaired) electrons. The number of phosphoric acid groups is 1. The molecule has 12 heavy (non-hydrogen) atoms. The minimum absolute atomic E-state index is 0.277. The zero-order valence-electron chi connectivity index (χ0n) is 6.38. The Bertz CT molecular complexity index is 200. The van der Waals surface area contributed by atoms with Gasteiger partial charge in [-0.3, -0.25) is 14.5 Å². The molecule has 7 nitrogen and oxygen atoms in total. The molecule has 72 valence electrons. The lowest BCUT2D eigenvalue weighted by Gasteiger charge is -2.12. The zero-order chi connectivity index (χ0) is 9.78. The van der Waals surface area contributed by atoms with Gasteiger partial charge in [0.15, 0.2) is 0 Å². The fourth-order valence-corrected chi connectivity index (χ4v) is 0.723. The molecule has 0 saturated heterocycles. The molecule has 0 atom stereocenters. The first-order chi connectivity index (χ1) is 5.33. The number of phosphoric ester groups is 1. The molecule has 0 saturated carbocycles. The Morgan fingerprint density at radius 1 is 1.58 bits per heavy atom. The van der Waals surface area contributed by atoms with Gasteiger partial charge >= 0.3 is 7.82 Å². The van der Waals surface area contributed by atoms with Crippen molar-refractivity contribution in [3.63, 3.8) is 0 Å². The van der Waals surface area contributed by atoms with Crippen LogP contribution in [-0.4, -0.2) is 39.1 Å². The first kappa shape index (κ1) is 11.5. The lowest BCUT2D eigenvalue weighted by molar-refractivity contribution is -0.164. The lowest BCUT2D eigenvalue weighted by atomic mass is 10.6. The Kier molecular flexibility index (Phi) is 4.36. The number of hydrogen-bond acceptors (Lipinski definition) is 4. The molecule has 0 aromatic rings. The molecule has 0 spiro atoms. The first-order valence-corrected chi connectivity index (χ1v) is 4.53. The van der Waals surface area contributed by atoms with Crippen LogP contribution in [0.4, 0.5) is 0 Å². The summed E-state index contributed by atoms with van der Waals surface area (Å²) < 4.78 is 14.0. The van der Waals surface area contributed by atoms with E-state index in [1.54, 1.807) is 0 Å². The van der Waals surface area contributed by atoms with Crippen LogP contribution in [0.25, 0.3) is 0 Å². The minimum Gasteiger partial charge on any atom is -0.303 e. The van der Waals surface area contributed by atoms with Crippen LogP contribution >= 0.6 is 7.82 Å². The van der Waals surface area contributed by atoms with Gasteiger partial charge in [-0.1, -0.05) is 0 Å². The first-order valence-electron chi connectivity index (χ1n) is 3.00. The Morgan fingerprint density at radius 3 is 2.42 bits per heavy atom. The van der Waals surface area contributed by atoms with Crippen molar-refractivity contribution in [1.82, 2.24) is 5.06 Å². The quantitative estimate of drug-likeness (QED) is 0.315. The van der Waals surface area contributed by atoms with Crippen LogP contribution in [0.2, 0.25) is 0 Å². The van der Waals surface area contributed by atoms with E-state index in [-0.39, 0.29) is 6.54 Å². The SMILES string of the molecule is CC(=O)N(O)CCOP(=O)(O)O. The van der Waals surface area contributed by atoms with E-state index in [1.165, 1.54) is 0 Å². The maximum atomic E-state index is 10.3. The molecule has 0 aliphatic carbocycles. The van der Waals surface area contributed by atoms with Crippen molar-refractivity contribution < 1.29 is 28.9 Å². The Morgan fingerprint density at radius 2 is 2.08 bits per heavy atom. The van der Waals surface area contributed by atoms with Gasteiger partial charge in [0.25, 0.3) is 0 Å². The maximum absolute atomic E-state index is 10.3. The minimum atomic E-state index is -4.50. The van der Waals surface area contributed by atoms with Gasteiger partial charge in [0.1, 0.15) is 0 Å². The van der Waals surface area contributed by atoms with Gasteiger partial charge in [-0.2, -0.15) is 0 Å². The molecule has 0 aromatic heterocycles. The summed E-state index contributed by atoms with van der Waals surface area (Å²) in [5, 5.41) is 8.98. The molecule has 0 bridgehead atoms. The highest BCUT2D eigenvalue weighted by molar-refractivity contribution is 7.46. The van der Waals surface area contributed by atoms with Crippen molar-refractivity contribution in [3.8, 4) is 0 Å². The van der Waals surface area contributed by atoms with Crippen LogP contribution in [0.1, 0.15) is 6.92 Å². The van der Waals surface area contributed by atoms with Crippen LogP contribution in [0.15, 0.2) is 0 Å². The second-order valence-electron chi connectivity index (χ2n) is 1.97. The van der Waals surface area contributed by atoms with E-state index in [1.807, 2.05) is 0 Å². The van der Waals surface area contributed by atoms with Crippen LogP contribution in [-0.2, 0) is 13.9 Å². The molecular formula is C4H10NO6P. The predicted molar refractivity (Wildman–Crippen MR) is 37.2 cm³/mol. The van der Waals surface area contributed by atoms with E-state index in [2.05, 4.69) is 4.52 Å². The summed E-state index contributed by atoms with van der Waals surface area (Å²) in [7, 11) is -4.50. The third kappa shape index (κ3) is 6.26. The fourth-order valence-electron chi connectivity index (χ4n) is 0.404. The monoisotopic (exact) mass is 199 g/mol. The highest BCUT2D eigenvalue weighted by Crippen LogP contribution is 2.35. The van der Waals surface area contributed by atoms with E-state index in [0.29, 0.717) is 5.06 Å². The smallest absolute Gasteiger partial charge is 0.303 e. The van der Waals surface area contributed by atoms with Crippen LogP contribution in [0.3, 0.4) is 0 Å². The summed E-state index contributed by atoms with van der Waals surface area (Å²) in [6.45, 7) is 0.415. The molecule has 0 rings (SSSR count). The molecular weight excluding hydrogens is 189 g/mol. The number of amides is 1. The molecule has 0 heterocycles. The molecule has 0 aliphatic heterocycles. The second kappa shape index (κ2) is 4.54. The summed E-state index contributed by atoms with van der Waals surface area (Å²) in [6.07, 6.45) is 0. The number of carbonyl (C=O) groups excluding carboxylic acids is 1. The van der Waals surface area contributed by atoms with Crippen LogP contribution in [0.5, 0.6) is 0 Å². The van der Waals surface area contributed by atoms with E-state index in [4.69, 9.17) is 15.0 Å². The molecule has 3 N–H and O–H groups in total. The lowest BCUT2D eigenvalue weighted by Crippen LogP contribution is -2.28. The van der Waals surface area contributed by atoms with Gasteiger partial charge in [-0.15, -0.1) is 0 Å². The number of nitrogens with zero attached hydrogens (tertiary/aromatic N) is 1. The number of carbonyl (C=O) groups is 1. The number of hydrogen-bond donors (Lipinski definition) is 3. The highest BCUT2D eigenvalue weighted by Gasteiger charge is 2.14. The molecule has 0 aromatic carbocycles. The highest BCUT2D eigenvalue weighted by atomic mass is 31.2. The van der Waals surface area contributed by atoms with Gasteiger partial charge in [0.05, 0.1) is 13.2 Å². The van der Waals surface area contributed by atoms with Gasteiger partial charge < -0.3 is 9.79 Å². The van der Waals surface area contributed by atoms with Gasteiger partial charge in [-0.25, -0.2) is 9.63 Å². The van der Waals surface area contributed by atoms with Gasteiger partial charge in [-0.05, 0) is 0 Å². The van der Waals surface area contributed by atoms with Crippen molar-refractivity contribution >= 4 is 13.7 Å². The van der Waals surface area contributed by atoms with Crippen LogP contribution in [0, 0.1) is 0 Å². The van der Waals surface area contributed by atoms with Crippen LogP contribution < -0.4 is 0 Å². The van der Waals surface area contributed by atoms with Crippen molar-refractivity contribution in [2.45, 2.75) is 6.92 Å². The van der Waals surface area contributed by atoms with E-state index < -0.39 is 20.3 Å². The summed E-state index contributed by atoms with van der Waals surface area (Å²) in [5.41, 5.74) is 0. The Balaban J connectivity index is 3.58. The summed E-state index contributed by atoms with van der Waals surface area (Å²) in [4.78, 5) is 26.7. The molecule has 0 aliphatic rings. The Hall–Kier alpha value is -0.460. The molecule has 0 fully saturated rings. The number of rotatable bonds is 4. The van der Waals surface area contributed by atoms with E-state index in [0.717, 1.165) is 6.92 Å². The summed E-state index contributed by atoms with van der Waals surface area (Å²) in [6, 6.07) is 0. The third-order valence-corrected chi connectivity index (χ3v) is 1.44. The van der Waals surface area contributed by atoms with Crippen molar-refractivity contribution in [2.75, 3.05) is 13.2 Å². The van der Waals surface area contributed by atoms with Crippen molar-refractivity contribution in [1.29, 1.82) is 0 Å².